The highest BCUT2D eigenvalue weighted by molar-refractivity contribution is 9.10. The highest BCUT2D eigenvalue weighted by atomic mass is 79.9. The number of anilines is 2. The first-order chi connectivity index (χ1) is 33.5. The van der Waals surface area contributed by atoms with Crippen molar-refractivity contribution in [1.82, 2.24) is 58.3 Å². The van der Waals surface area contributed by atoms with Crippen LogP contribution in [-0.2, 0) is 0 Å². The summed E-state index contributed by atoms with van der Waals surface area (Å²) in [5, 5.41) is 30.3. The standard InChI is InChI=1S/C27H24N8OSi.C22H15BrN8O.2H2S/c1-37(2,3)14-11-18-9-13-34-23(18)27(36)35(20-7-5-4-6-8-20)25(32-34)21-10-12-33(21)26-22-19(15-28)16-29-24(22)30-17-31-26;23-15-6-9-30-18(15)22(32)31(14-4-2-1-3-5-14)20(28-30)16-7-8-29(16)21-17-13(10-24)11-25-19(17)26-12-27-21;;/h4-9,13,16-17,21H,10,12H2,1-3H3,(H,29,30,31);1-6,9,11-12,16H,7-8H2,(H,25,26,27);2*1H2/t21-;16-;;/m00../s1. The second-order valence-electron chi connectivity index (χ2n) is 17.6. The van der Waals surface area contributed by atoms with Crippen LogP contribution in [0.5, 0.6) is 0 Å². The maximum atomic E-state index is 14.1. The third kappa shape index (κ3) is 8.32. The number of aromatic nitrogens is 12. The van der Waals surface area contributed by atoms with Crippen molar-refractivity contribution in [3.63, 3.8) is 0 Å². The van der Waals surface area contributed by atoms with E-state index in [4.69, 9.17) is 10.2 Å². The van der Waals surface area contributed by atoms with E-state index in [2.05, 4.69) is 98.9 Å². The minimum atomic E-state index is -1.64. The maximum absolute atomic E-state index is 14.1. The molecule has 0 aliphatic carbocycles. The Labute approximate surface area is 428 Å². The molecule has 2 aromatic carbocycles. The monoisotopic (exact) mass is 1060 g/mol. The molecule has 0 radical (unpaired) electrons. The van der Waals surface area contributed by atoms with Crippen molar-refractivity contribution in [1.29, 1.82) is 10.5 Å². The van der Waals surface area contributed by atoms with Gasteiger partial charge in [-0.1, -0.05) is 62.0 Å². The second kappa shape index (κ2) is 19.1. The lowest BCUT2D eigenvalue weighted by atomic mass is 10.0. The van der Waals surface area contributed by atoms with E-state index in [9.17, 15) is 20.1 Å². The van der Waals surface area contributed by atoms with Crippen molar-refractivity contribution in [2.75, 3.05) is 22.9 Å². The Morgan fingerprint density at radius 3 is 1.55 bits per heavy atom. The summed E-state index contributed by atoms with van der Waals surface area (Å²) >= 11 is 3.47. The quantitative estimate of drug-likeness (QED) is 0.123. The third-order valence-corrected chi connectivity index (χ3v) is 13.8. The van der Waals surface area contributed by atoms with Crippen LogP contribution in [0, 0.1) is 34.1 Å². The maximum Gasteiger partial charge on any atom is 0.283 e. The average molecular weight is 1060 g/mol. The molecule has 0 spiro atoms. The number of para-hydroxylation sites is 2. The van der Waals surface area contributed by atoms with E-state index in [1.54, 1.807) is 43.0 Å². The van der Waals surface area contributed by atoms with Crippen molar-refractivity contribution < 1.29 is 0 Å². The van der Waals surface area contributed by atoms with E-state index in [1.807, 2.05) is 72.8 Å². The molecule has 0 unspecified atom stereocenters. The third-order valence-electron chi connectivity index (χ3n) is 12.3. The van der Waals surface area contributed by atoms with Gasteiger partial charge in [-0.25, -0.2) is 29.0 Å². The zero-order valence-corrected chi connectivity index (χ0v) is 42.9. The molecular formula is C49H43BrN16O2S2Si. The lowest BCUT2D eigenvalue weighted by molar-refractivity contribution is 0.424. The normalized spacial score (nSPS) is 15.1. The number of fused-ring (bicyclic) bond motifs is 4. The molecule has 0 bridgehead atoms. The minimum Gasteiger partial charge on any atom is -0.345 e. The summed E-state index contributed by atoms with van der Waals surface area (Å²) in [6.07, 6.45) is 11.4. The van der Waals surface area contributed by atoms with Crippen molar-refractivity contribution in [2.24, 2.45) is 0 Å². The molecule has 71 heavy (non-hydrogen) atoms. The number of nitrogens with one attached hydrogen (secondary N) is 2. The number of hydrogen-bond donors (Lipinski definition) is 2. The van der Waals surface area contributed by atoms with E-state index < -0.39 is 8.07 Å². The molecule has 2 atom stereocenters. The Balaban J connectivity index is 0.000000173. The molecule has 2 saturated heterocycles. The average Bonchev–Trinajstić information content (AvgIpc) is 4.14. The molecule has 8 aromatic heterocycles. The highest BCUT2D eigenvalue weighted by Crippen LogP contribution is 2.41. The molecular weight excluding hydrogens is 1020 g/mol. The number of benzene rings is 2. The SMILES string of the molecule is C[Si](C)(C)C#Cc1ccn2nc([C@@H]3CCN3c3ncnc4[nH]cc(C#N)c34)n(-c3ccccc3)c(=O)c12.N#Cc1c[nH]c2ncnc(N3CC[C@H]3c3nn4ccc(Br)c4c(=O)n3-c3ccccc3)c12.S.S. The Hall–Kier alpha value is -7.94. The number of hydrogen-bond acceptors (Lipinski definition) is 12. The fourth-order valence-corrected chi connectivity index (χ4v) is 9.87. The summed E-state index contributed by atoms with van der Waals surface area (Å²) in [5.74, 6) is 5.78. The first-order valence-corrected chi connectivity index (χ1v) is 26.4. The van der Waals surface area contributed by atoms with Gasteiger partial charge in [-0.3, -0.25) is 18.7 Å². The van der Waals surface area contributed by atoms with Gasteiger partial charge in [-0.05, 0) is 65.2 Å². The molecule has 0 amide bonds. The number of nitriles is 2. The van der Waals surface area contributed by atoms with Gasteiger partial charge in [0.25, 0.3) is 11.1 Å². The van der Waals surface area contributed by atoms with Gasteiger partial charge in [0.2, 0.25) is 0 Å². The molecule has 2 fully saturated rings. The van der Waals surface area contributed by atoms with Gasteiger partial charge < -0.3 is 19.8 Å². The Morgan fingerprint density at radius 2 is 1.10 bits per heavy atom. The van der Waals surface area contributed by atoms with Crippen LogP contribution in [0.15, 0.2) is 124 Å². The molecule has 12 rings (SSSR count). The van der Waals surface area contributed by atoms with Gasteiger partial charge in [0, 0.05) is 37.9 Å². The first-order valence-electron chi connectivity index (χ1n) is 22.1. The zero-order valence-electron chi connectivity index (χ0n) is 38.3. The number of halogens is 1. The zero-order chi connectivity index (χ0) is 47.6. The molecule has 0 saturated carbocycles. The summed E-state index contributed by atoms with van der Waals surface area (Å²) in [6.45, 7) is 7.97. The number of nitrogens with zero attached hydrogens (tertiary/aromatic N) is 14. The summed E-state index contributed by atoms with van der Waals surface area (Å²) in [6, 6.07) is 26.8. The fourth-order valence-electron chi connectivity index (χ4n) is 8.89. The van der Waals surface area contributed by atoms with Gasteiger partial charge in [0.05, 0.1) is 55.4 Å². The van der Waals surface area contributed by atoms with Gasteiger partial charge in [-0.15, -0.1) is 5.54 Å². The Kier molecular flexibility index (Phi) is 12.9. The summed E-state index contributed by atoms with van der Waals surface area (Å²) < 4.78 is 7.31. The fraction of sp³-hybridized carbons (Fsp3) is 0.184. The molecule has 2 N–H and O–H groups in total. The molecule has 18 nitrogen and oxygen atoms in total. The van der Waals surface area contributed by atoms with Crippen LogP contribution in [0.1, 0.15) is 53.3 Å². The Morgan fingerprint density at radius 1 is 0.634 bits per heavy atom. The summed E-state index contributed by atoms with van der Waals surface area (Å²) in [4.78, 5) is 55.4. The van der Waals surface area contributed by atoms with Crippen LogP contribution in [0.25, 0.3) is 44.5 Å². The lowest BCUT2D eigenvalue weighted by Gasteiger charge is -2.42. The molecule has 2 aliphatic heterocycles. The smallest absolute Gasteiger partial charge is 0.283 e. The topological polar surface area (TPSA) is 216 Å². The van der Waals surface area contributed by atoms with Gasteiger partial charge in [0.15, 0.2) is 11.6 Å². The number of aromatic amines is 2. The van der Waals surface area contributed by atoms with Gasteiger partial charge in [-0.2, -0.15) is 47.7 Å². The molecule has 10 heterocycles. The van der Waals surface area contributed by atoms with Crippen LogP contribution < -0.4 is 20.9 Å². The molecule has 354 valence electrons. The van der Waals surface area contributed by atoms with E-state index in [0.29, 0.717) is 84.1 Å². The predicted molar refractivity (Wildman–Crippen MR) is 287 cm³/mol. The van der Waals surface area contributed by atoms with E-state index in [0.717, 1.165) is 30.8 Å². The van der Waals surface area contributed by atoms with Crippen molar-refractivity contribution in [3.05, 3.63) is 164 Å². The van der Waals surface area contributed by atoms with Crippen LogP contribution in [0.3, 0.4) is 0 Å². The van der Waals surface area contributed by atoms with E-state index in [1.165, 1.54) is 12.7 Å². The number of rotatable bonds is 6. The van der Waals surface area contributed by atoms with Crippen LogP contribution in [0.2, 0.25) is 19.6 Å². The predicted octanol–water partition coefficient (Wildman–Crippen LogP) is 7.38. The van der Waals surface area contributed by atoms with Crippen LogP contribution in [-0.4, -0.2) is 79.4 Å². The van der Waals surface area contributed by atoms with Crippen molar-refractivity contribution in [3.8, 4) is 35.0 Å². The lowest BCUT2D eigenvalue weighted by Crippen LogP contribution is -2.45. The summed E-state index contributed by atoms with van der Waals surface area (Å²) in [7, 11) is -1.64. The van der Waals surface area contributed by atoms with Crippen molar-refractivity contribution >= 4 is 95.7 Å². The van der Waals surface area contributed by atoms with E-state index in [-0.39, 0.29) is 50.2 Å². The Bertz CT molecular complexity index is 3950. The van der Waals surface area contributed by atoms with Crippen LogP contribution in [0.4, 0.5) is 11.6 Å². The van der Waals surface area contributed by atoms with Gasteiger partial charge in [0.1, 0.15) is 66.8 Å². The van der Waals surface area contributed by atoms with Crippen LogP contribution >= 0.6 is 42.9 Å². The van der Waals surface area contributed by atoms with E-state index >= 15 is 0 Å². The second-order valence-corrected chi connectivity index (χ2v) is 23.2. The molecule has 22 heteroatoms. The first kappa shape index (κ1) is 48.1. The van der Waals surface area contributed by atoms with Gasteiger partial charge >= 0.3 is 0 Å². The molecule has 2 aliphatic rings. The number of H-pyrrole nitrogens is 2. The highest BCUT2D eigenvalue weighted by Gasteiger charge is 2.38. The minimum absolute atomic E-state index is 0. The molecule has 10 aromatic rings. The van der Waals surface area contributed by atoms with Crippen molar-refractivity contribution in [2.45, 2.75) is 44.6 Å². The largest absolute Gasteiger partial charge is 0.345 e. The summed E-state index contributed by atoms with van der Waals surface area (Å²) in [5.41, 5.74) is 8.33.